The Morgan fingerprint density at radius 2 is 1.80 bits per heavy atom. The van der Waals surface area contributed by atoms with E-state index in [9.17, 15) is 8.78 Å². The number of alkyl halides is 2. The maximum Gasteiger partial charge on any atom is 0.387 e. The molecule has 35 heavy (non-hydrogen) atoms. The van der Waals surface area contributed by atoms with E-state index in [1.807, 2.05) is 44.2 Å². The number of hydrogen-bond acceptors (Lipinski definition) is 3. The van der Waals surface area contributed by atoms with Gasteiger partial charge in [-0.3, -0.25) is 4.90 Å². The van der Waals surface area contributed by atoms with E-state index in [1.165, 1.54) is 19.3 Å². The molecule has 1 aliphatic heterocycles. The van der Waals surface area contributed by atoms with E-state index >= 15 is 0 Å². The molecule has 0 aliphatic carbocycles. The van der Waals surface area contributed by atoms with Crippen molar-refractivity contribution in [2.75, 3.05) is 13.1 Å². The number of ether oxygens (including phenoxy) is 1. The lowest BCUT2D eigenvalue weighted by molar-refractivity contribution is -0.0498. The molecular weight excluding hydrogens is 444 g/mol. The molecule has 0 spiro atoms. The van der Waals surface area contributed by atoms with Crippen molar-refractivity contribution < 1.29 is 13.5 Å². The van der Waals surface area contributed by atoms with E-state index in [2.05, 4.69) is 39.0 Å². The number of rotatable bonds is 11. The van der Waals surface area contributed by atoms with Crippen LogP contribution >= 0.6 is 0 Å². The van der Waals surface area contributed by atoms with Gasteiger partial charge in [-0.15, -0.1) is 0 Å². The van der Waals surface area contributed by atoms with E-state index in [1.54, 1.807) is 18.2 Å². The lowest BCUT2D eigenvalue weighted by Gasteiger charge is -2.31. The third-order valence-corrected chi connectivity index (χ3v) is 6.46. The maximum atomic E-state index is 12.5. The first kappa shape index (κ1) is 26.6. The van der Waals surface area contributed by atoms with E-state index < -0.39 is 6.61 Å². The quantitative estimate of drug-likeness (QED) is 0.401. The van der Waals surface area contributed by atoms with Gasteiger partial charge in [0.15, 0.2) is 0 Å². The summed E-state index contributed by atoms with van der Waals surface area (Å²) >= 11 is 0. The molecule has 188 valence electrons. The van der Waals surface area contributed by atoms with Crippen molar-refractivity contribution in [2.45, 2.75) is 59.2 Å². The molecule has 0 atom stereocenters. The van der Waals surface area contributed by atoms with E-state index in [0.29, 0.717) is 6.54 Å². The van der Waals surface area contributed by atoms with Gasteiger partial charge in [-0.1, -0.05) is 61.2 Å². The van der Waals surface area contributed by atoms with Gasteiger partial charge < -0.3 is 9.30 Å². The van der Waals surface area contributed by atoms with Crippen LogP contribution in [-0.2, 0) is 13.1 Å². The summed E-state index contributed by atoms with van der Waals surface area (Å²) in [5.41, 5.74) is 1.02. The number of likely N-dealkylation sites (tertiary alicyclic amines) is 1. The molecule has 0 radical (unpaired) electrons. The van der Waals surface area contributed by atoms with Crippen LogP contribution < -0.4 is 15.4 Å². The Hall–Kier alpha value is -2.99. The summed E-state index contributed by atoms with van der Waals surface area (Å²) in [7, 11) is 0. The molecule has 1 fully saturated rings. The fourth-order valence-electron chi connectivity index (χ4n) is 4.59. The molecular formula is C29H37F2N3O. The second-order valence-corrected chi connectivity index (χ2v) is 8.83. The number of nitrogens with zero attached hydrogens (tertiary/aromatic N) is 3. The Labute approximate surface area is 207 Å². The van der Waals surface area contributed by atoms with Gasteiger partial charge in [-0.25, -0.2) is 4.98 Å². The molecule has 2 heterocycles. The molecule has 0 bridgehead atoms. The lowest BCUT2D eigenvalue weighted by Crippen LogP contribution is -2.35. The second-order valence-electron chi connectivity index (χ2n) is 8.83. The van der Waals surface area contributed by atoms with Crippen molar-refractivity contribution in [3.8, 4) is 5.75 Å². The Bertz CT molecular complexity index is 1110. The maximum absolute atomic E-state index is 12.5. The molecule has 1 saturated heterocycles. The van der Waals surface area contributed by atoms with Gasteiger partial charge in [0.2, 0.25) is 0 Å². The van der Waals surface area contributed by atoms with Crippen molar-refractivity contribution in [2.24, 2.45) is 5.92 Å². The third-order valence-electron chi connectivity index (χ3n) is 6.46. The zero-order valence-corrected chi connectivity index (χ0v) is 20.9. The predicted molar refractivity (Wildman–Crippen MR) is 140 cm³/mol. The number of piperidine rings is 1. The minimum Gasteiger partial charge on any atom is -0.435 e. The highest BCUT2D eigenvalue weighted by atomic mass is 19.3. The average molecular weight is 482 g/mol. The van der Waals surface area contributed by atoms with Gasteiger partial charge in [0.25, 0.3) is 0 Å². The first-order valence-electron chi connectivity index (χ1n) is 12.4. The van der Waals surface area contributed by atoms with Gasteiger partial charge in [0, 0.05) is 6.54 Å². The van der Waals surface area contributed by atoms with Gasteiger partial charge >= 0.3 is 6.61 Å². The molecule has 4 nitrogen and oxygen atoms in total. The minimum absolute atomic E-state index is 0.172. The fourth-order valence-corrected chi connectivity index (χ4v) is 4.59. The summed E-state index contributed by atoms with van der Waals surface area (Å²) in [5, 5.41) is 2.06. The summed E-state index contributed by atoms with van der Waals surface area (Å²) in [4.78, 5) is 7.44. The number of allylic oxidation sites excluding steroid dienone is 5. The van der Waals surface area contributed by atoms with Gasteiger partial charge in [0.1, 0.15) is 11.6 Å². The fraction of sp³-hybridized carbons (Fsp3) is 0.414. The van der Waals surface area contributed by atoms with Gasteiger partial charge in [-0.2, -0.15) is 8.78 Å². The van der Waals surface area contributed by atoms with Crippen molar-refractivity contribution >= 4 is 12.2 Å². The molecule has 3 rings (SSSR count). The molecule has 1 aliphatic rings. The number of benzene rings is 1. The van der Waals surface area contributed by atoms with Gasteiger partial charge in [0.05, 0.1) is 17.2 Å². The number of halogens is 2. The van der Waals surface area contributed by atoms with E-state index in [4.69, 9.17) is 4.98 Å². The summed E-state index contributed by atoms with van der Waals surface area (Å²) in [6.45, 7) is 8.49. The van der Waals surface area contributed by atoms with Crippen LogP contribution in [0.15, 0.2) is 61.2 Å². The van der Waals surface area contributed by atoms with Crippen LogP contribution in [0.3, 0.4) is 0 Å². The molecule has 0 unspecified atom stereocenters. The highest BCUT2D eigenvalue weighted by Gasteiger charge is 2.20. The van der Waals surface area contributed by atoms with Crippen LogP contribution in [0.25, 0.3) is 12.2 Å². The van der Waals surface area contributed by atoms with Crippen LogP contribution in [0.5, 0.6) is 5.75 Å². The Morgan fingerprint density at radius 3 is 2.43 bits per heavy atom. The van der Waals surface area contributed by atoms with Gasteiger partial charge in [-0.05, 0) is 76.2 Å². The number of imidazole rings is 1. The molecule has 1 aromatic carbocycles. The summed E-state index contributed by atoms with van der Waals surface area (Å²) in [6.07, 6.45) is 19.0. The smallest absolute Gasteiger partial charge is 0.387 e. The van der Waals surface area contributed by atoms with Crippen LogP contribution in [0.2, 0.25) is 0 Å². The molecule has 0 N–H and O–H groups in total. The Kier molecular flexibility index (Phi) is 10.5. The first-order chi connectivity index (χ1) is 17.0. The molecule has 0 amide bonds. The second kappa shape index (κ2) is 13.8. The third kappa shape index (κ3) is 8.03. The first-order valence-corrected chi connectivity index (χ1v) is 12.4. The molecule has 6 heteroatoms. The molecule has 2 aromatic rings. The summed E-state index contributed by atoms with van der Waals surface area (Å²) in [5.74, 6) is 1.98. The zero-order valence-electron chi connectivity index (χ0n) is 20.9. The molecule has 0 saturated carbocycles. The van der Waals surface area contributed by atoms with E-state index in [0.717, 1.165) is 54.1 Å². The van der Waals surface area contributed by atoms with E-state index in [-0.39, 0.29) is 5.75 Å². The normalized spacial score (nSPS) is 16.8. The molecule has 1 aromatic heterocycles. The number of aromatic nitrogens is 2. The highest BCUT2D eigenvalue weighted by Crippen LogP contribution is 2.23. The van der Waals surface area contributed by atoms with Crippen LogP contribution in [0.1, 0.15) is 50.9 Å². The standard InChI is InChI=1S/C29H37F2N3O/c1-4-7-8-9-10-11-12-23-17-19-33(20-18-23)22-28-32-26(5-2)27(6-3)34(28)21-24-13-15-25(16-14-24)35-29(30)31/h4-10,13-16,23,29H,1,11-12,17-22H2,2-3H3/b8-7-,10-9-,26-5+,27-6+. The Morgan fingerprint density at radius 1 is 1.06 bits per heavy atom. The minimum atomic E-state index is -2.81. The van der Waals surface area contributed by atoms with Crippen LogP contribution in [-0.4, -0.2) is 34.2 Å². The van der Waals surface area contributed by atoms with Crippen LogP contribution in [0, 0.1) is 5.92 Å². The topological polar surface area (TPSA) is 30.3 Å². The largest absolute Gasteiger partial charge is 0.435 e. The Balaban J connectivity index is 1.64. The monoisotopic (exact) mass is 481 g/mol. The SMILES string of the molecule is C=C/C=C\C=C/CCC1CCN(Cc2nc(=C/C)/c(=C\C)n2Cc2ccc(OC(F)F)cc2)CC1. The van der Waals surface area contributed by atoms with Crippen LogP contribution in [0.4, 0.5) is 8.78 Å². The lowest BCUT2D eigenvalue weighted by atomic mass is 9.92. The summed E-state index contributed by atoms with van der Waals surface area (Å²) < 4.78 is 31.7. The van der Waals surface area contributed by atoms with Crippen molar-refractivity contribution in [3.63, 3.8) is 0 Å². The van der Waals surface area contributed by atoms with Crippen molar-refractivity contribution in [1.29, 1.82) is 0 Å². The van der Waals surface area contributed by atoms with Crippen molar-refractivity contribution in [1.82, 2.24) is 14.5 Å². The average Bonchev–Trinajstić information content (AvgIpc) is 3.19. The predicted octanol–water partition coefficient (Wildman–Crippen LogP) is 5.42. The zero-order chi connectivity index (χ0) is 25.0. The van der Waals surface area contributed by atoms with Crippen molar-refractivity contribution in [3.05, 3.63) is 83.3 Å². The highest BCUT2D eigenvalue weighted by molar-refractivity contribution is 5.29. The number of hydrogen-bond donors (Lipinski definition) is 0. The summed E-state index contributed by atoms with van der Waals surface area (Å²) in [6, 6.07) is 6.86.